The van der Waals surface area contributed by atoms with Crippen LogP contribution in [0.3, 0.4) is 0 Å². The number of hydrogen-bond acceptors (Lipinski definition) is 2. The Hall–Kier alpha value is -1.79. The third-order valence-corrected chi connectivity index (χ3v) is 3.38. The maximum Gasteiger partial charge on any atom is 0.417 e. The molecule has 2 rings (SSSR count). The number of rotatable bonds is 3. The Morgan fingerprint density at radius 3 is 2.39 bits per heavy atom. The van der Waals surface area contributed by atoms with Crippen LogP contribution in [-0.2, 0) is 6.18 Å². The van der Waals surface area contributed by atoms with Crippen LogP contribution in [0.5, 0.6) is 5.75 Å². The van der Waals surface area contributed by atoms with E-state index in [-0.39, 0.29) is 27.1 Å². The zero-order chi connectivity index (χ0) is 17.2. The molecule has 0 radical (unpaired) electrons. The van der Waals surface area contributed by atoms with Gasteiger partial charge < -0.3 is 4.84 Å². The van der Waals surface area contributed by atoms with Crippen molar-refractivity contribution in [3.63, 3.8) is 0 Å². The molecule has 0 fully saturated rings. The molecule has 0 aliphatic carbocycles. The van der Waals surface area contributed by atoms with Gasteiger partial charge in [0.25, 0.3) is 0 Å². The van der Waals surface area contributed by atoms with Crippen molar-refractivity contribution in [3.05, 3.63) is 63.4 Å². The summed E-state index contributed by atoms with van der Waals surface area (Å²) in [6.45, 7) is 1.34. The van der Waals surface area contributed by atoms with E-state index in [1.165, 1.54) is 13.0 Å². The first-order chi connectivity index (χ1) is 10.7. The normalized spacial score (nSPS) is 12.4. The summed E-state index contributed by atoms with van der Waals surface area (Å²) in [6.07, 6.45) is -4.56. The fourth-order valence-electron chi connectivity index (χ4n) is 1.77. The van der Waals surface area contributed by atoms with Gasteiger partial charge in [-0.05, 0) is 37.3 Å². The minimum absolute atomic E-state index is 0.0414. The van der Waals surface area contributed by atoms with E-state index in [9.17, 15) is 17.6 Å². The van der Waals surface area contributed by atoms with Crippen LogP contribution >= 0.6 is 23.2 Å². The fraction of sp³-hybridized carbons (Fsp3) is 0.133. The van der Waals surface area contributed by atoms with E-state index in [2.05, 4.69) is 5.16 Å². The van der Waals surface area contributed by atoms with Crippen LogP contribution in [0.1, 0.15) is 18.1 Å². The van der Waals surface area contributed by atoms with E-state index in [0.717, 1.165) is 30.3 Å². The lowest BCUT2D eigenvalue weighted by Gasteiger charge is -2.12. The van der Waals surface area contributed by atoms with Gasteiger partial charge in [0.2, 0.25) is 0 Å². The number of oxime groups is 1. The van der Waals surface area contributed by atoms with Gasteiger partial charge in [0.1, 0.15) is 5.82 Å². The maximum absolute atomic E-state index is 13.0. The minimum atomic E-state index is -4.56. The van der Waals surface area contributed by atoms with Crippen LogP contribution in [0.15, 0.2) is 41.6 Å². The molecular weight excluding hydrogens is 357 g/mol. The van der Waals surface area contributed by atoms with Crippen molar-refractivity contribution < 1.29 is 22.4 Å². The van der Waals surface area contributed by atoms with Gasteiger partial charge in [-0.2, -0.15) is 13.2 Å². The Morgan fingerprint density at radius 2 is 1.78 bits per heavy atom. The lowest BCUT2D eigenvalue weighted by Crippen LogP contribution is -2.12. The first-order valence-electron chi connectivity index (χ1n) is 6.22. The zero-order valence-electron chi connectivity index (χ0n) is 11.6. The van der Waals surface area contributed by atoms with Crippen LogP contribution in [-0.4, -0.2) is 5.71 Å². The summed E-state index contributed by atoms with van der Waals surface area (Å²) in [5, 5.41) is 3.57. The number of halogens is 6. The highest BCUT2D eigenvalue weighted by molar-refractivity contribution is 6.31. The molecule has 122 valence electrons. The van der Waals surface area contributed by atoms with Crippen molar-refractivity contribution in [2.75, 3.05) is 0 Å². The van der Waals surface area contributed by atoms with Gasteiger partial charge in [-0.1, -0.05) is 28.4 Å². The molecule has 0 heterocycles. The van der Waals surface area contributed by atoms with Gasteiger partial charge in [-0.25, -0.2) is 4.39 Å². The molecule has 8 heteroatoms. The van der Waals surface area contributed by atoms with Gasteiger partial charge >= 0.3 is 6.18 Å². The summed E-state index contributed by atoms with van der Waals surface area (Å²) in [6, 6.07) is 6.62. The summed E-state index contributed by atoms with van der Waals surface area (Å²) in [5.74, 6) is -0.555. The fourth-order valence-corrected chi connectivity index (χ4v) is 2.11. The molecule has 0 saturated carbocycles. The molecule has 2 aromatic carbocycles. The van der Waals surface area contributed by atoms with Crippen molar-refractivity contribution >= 4 is 28.9 Å². The highest BCUT2D eigenvalue weighted by Gasteiger charge is 2.34. The van der Waals surface area contributed by atoms with Crippen LogP contribution in [0.4, 0.5) is 17.6 Å². The average molecular weight is 366 g/mol. The Bertz CT molecular complexity index is 760. The number of hydrogen-bond donors (Lipinski definition) is 0. The summed E-state index contributed by atoms with van der Waals surface area (Å²) in [4.78, 5) is 4.99. The van der Waals surface area contributed by atoms with Crippen LogP contribution in [0, 0.1) is 5.82 Å². The van der Waals surface area contributed by atoms with Crippen molar-refractivity contribution in [3.8, 4) is 5.75 Å². The SMILES string of the molecule is C/C(=N\Oc1ccc(F)c(Cl)c1)c1cc(Cl)ccc1C(F)(F)F. The summed E-state index contributed by atoms with van der Waals surface area (Å²) in [7, 11) is 0. The van der Waals surface area contributed by atoms with E-state index in [1.807, 2.05) is 0 Å². The first kappa shape index (κ1) is 17.6. The zero-order valence-corrected chi connectivity index (χ0v) is 13.1. The number of benzene rings is 2. The molecule has 0 aliphatic heterocycles. The monoisotopic (exact) mass is 365 g/mol. The first-order valence-corrected chi connectivity index (χ1v) is 6.98. The molecular formula is C15H9Cl2F4NO. The molecule has 0 atom stereocenters. The summed E-state index contributed by atoms with van der Waals surface area (Å²) in [5.41, 5.74) is -1.14. The molecule has 0 N–H and O–H groups in total. The van der Waals surface area contributed by atoms with E-state index in [1.54, 1.807) is 0 Å². The van der Waals surface area contributed by atoms with E-state index >= 15 is 0 Å². The molecule has 0 bridgehead atoms. The predicted molar refractivity (Wildman–Crippen MR) is 80.7 cm³/mol. The predicted octanol–water partition coefficient (Wildman–Crippen LogP) is 5.95. The third-order valence-electron chi connectivity index (χ3n) is 2.86. The molecule has 0 aromatic heterocycles. The highest BCUT2D eigenvalue weighted by atomic mass is 35.5. The van der Waals surface area contributed by atoms with Gasteiger partial charge in [0, 0.05) is 16.7 Å². The van der Waals surface area contributed by atoms with Crippen molar-refractivity contribution in [1.29, 1.82) is 0 Å². The smallest absolute Gasteiger partial charge is 0.357 e. The van der Waals surface area contributed by atoms with Crippen molar-refractivity contribution in [1.82, 2.24) is 0 Å². The van der Waals surface area contributed by atoms with Crippen molar-refractivity contribution in [2.24, 2.45) is 5.16 Å². The Balaban J connectivity index is 2.34. The van der Waals surface area contributed by atoms with E-state index in [0.29, 0.717) is 0 Å². The Morgan fingerprint density at radius 1 is 1.09 bits per heavy atom. The molecule has 23 heavy (non-hydrogen) atoms. The van der Waals surface area contributed by atoms with E-state index in [4.69, 9.17) is 28.0 Å². The molecule has 0 aliphatic rings. The second kappa shape index (κ2) is 6.76. The number of nitrogens with zero attached hydrogens (tertiary/aromatic N) is 1. The number of alkyl halides is 3. The molecule has 0 saturated heterocycles. The topological polar surface area (TPSA) is 21.6 Å². The lowest BCUT2D eigenvalue weighted by molar-refractivity contribution is -0.137. The molecule has 0 spiro atoms. The largest absolute Gasteiger partial charge is 0.417 e. The molecule has 2 aromatic rings. The summed E-state index contributed by atoms with van der Waals surface area (Å²) >= 11 is 11.3. The van der Waals surface area contributed by atoms with Gasteiger partial charge in [0.15, 0.2) is 5.75 Å². The van der Waals surface area contributed by atoms with Gasteiger partial charge in [-0.3, -0.25) is 0 Å². The summed E-state index contributed by atoms with van der Waals surface area (Å²) < 4.78 is 52.0. The third kappa shape index (κ3) is 4.36. The second-order valence-electron chi connectivity index (χ2n) is 4.53. The standard InChI is InChI=1S/C15H9Cl2F4NO/c1-8(22-23-10-3-5-14(18)13(17)7-10)11-6-9(16)2-4-12(11)15(19,20)21/h2-7H,1H3/b22-8+. The van der Waals surface area contributed by atoms with E-state index < -0.39 is 17.6 Å². The molecule has 0 amide bonds. The molecule has 0 unspecified atom stereocenters. The average Bonchev–Trinajstić information content (AvgIpc) is 2.46. The Kier molecular flexibility index (Phi) is 5.16. The highest BCUT2D eigenvalue weighted by Crippen LogP contribution is 2.33. The van der Waals surface area contributed by atoms with Crippen LogP contribution < -0.4 is 4.84 Å². The van der Waals surface area contributed by atoms with Crippen LogP contribution in [0.2, 0.25) is 10.0 Å². The quantitative estimate of drug-likeness (QED) is 0.374. The second-order valence-corrected chi connectivity index (χ2v) is 5.38. The van der Waals surface area contributed by atoms with Gasteiger partial charge in [0.05, 0.1) is 16.3 Å². The minimum Gasteiger partial charge on any atom is -0.357 e. The van der Waals surface area contributed by atoms with Crippen LogP contribution in [0.25, 0.3) is 0 Å². The Labute approximate surface area is 139 Å². The van der Waals surface area contributed by atoms with Crippen molar-refractivity contribution in [2.45, 2.75) is 13.1 Å². The maximum atomic E-state index is 13.0. The molecule has 2 nitrogen and oxygen atoms in total. The van der Waals surface area contributed by atoms with Gasteiger partial charge in [-0.15, -0.1) is 0 Å². The lowest BCUT2D eigenvalue weighted by atomic mass is 10.0.